The summed E-state index contributed by atoms with van der Waals surface area (Å²) in [5, 5.41) is 17.6. The number of rotatable bonds is 1. The standard InChI is InChI=1S/C5HCl2N3S/c6-4-1-3(11-2-8)5(7)10-9-4/h1H. The van der Waals surface area contributed by atoms with Gasteiger partial charge in [-0.25, -0.2) is 0 Å². The third kappa shape index (κ3) is 2.22. The molecule has 11 heavy (non-hydrogen) atoms. The number of hydrogen-bond donors (Lipinski definition) is 0. The minimum Gasteiger partial charge on any atom is -0.185 e. The second-order valence-electron chi connectivity index (χ2n) is 1.52. The Kier molecular flexibility index (Phi) is 2.94. The fraction of sp³-hybridized carbons (Fsp3) is 0. The second-order valence-corrected chi connectivity index (χ2v) is 3.09. The Morgan fingerprint density at radius 1 is 1.45 bits per heavy atom. The first kappa shape index (κ1) is 8.60. The molecule has 1 aromatic heterocycles. The van der Waals surface area contributed by atoms with Gasteiger partial charge in [0.15, 0.2) is 10.3 Å². The quantitative estimate of drug-likeness (QED) is 0.522. The molecule has 0 amide bonds. The molecule has 3 nitrogen and oxygen atoms in total. The molecule has 0 fully saturated rings. The molecular formula is C5HCl2N3S. The molecule has 0 atom stereocenters. The summed E-state index contributed by atoms with van der Waals surface area (Å²) >= 11 is 12.0. The van der Waals surface area contributed by atoms with Crippen LogP contribution < -0.4 is 0 Å². The fourth-order valence-electron chi connectivity index (χ4n) is 0.458. The van der Waals surface area contributed by atoms with Crippen molar-refractivity contribution in [2.24, 2.45) is 0 Å². The molecule has 0 saturated heterocycles. The lowest BCUT2D eigenvalue weighted by Gasteiger charge is -1.94. The SMILES string of the molecule is N#CSc1cc(Cl)nnc1Cl. The molecule has 0 aliphatic rings. The summed E-state index contributed by atoms with van der Waals surface area (Å²) < 4.78 is 0. The molecule has 0 bridgehead atoms. The van der Waals surface area contributed by atoms with E-state index in [9.17, 15) is 0 Å². The number of aromatic nitrogens is 2. The molecule has 0 unspecified atom stereocenters. The summed E-state index contributed by atoms with van der Waals surface area (Å²) in [6.45, 7) is 0. The molecule has 0 saturated carbocycles. The average Bonchev–Trinajstić information content (AvgIpc) is 1.98. The highest BCUT2D eigenvalue weighted by Crippen LogP contribution is 2.25. The summed E-state index contributed by atoms with van der Waals surface area (Å²) in [4.78, 5) is 0.522. The third-order valence-electron chi connectivity index (χ3n) is 0.842. The number of nitriles is 1. The van der Waals surface area contributed by atoms with Crippen molar-refractivity contribution in [2.75, 3.05) is 0 Å². The monoisotopic (exact) mass is 205 g/mol. The Labute approximate surface area is 77.3 Å². The highest BCUT2D eigenvalue weighted by atomic mass is 35.5. The first-order valence-electron chi connectivity index (χ1n) is 2.48. The van der Waals surface area contributed by atoms with Crippen LogP contribution in [0.1, 0.15) is 0 Å². The van der Waals surface area contributed by atoms with E-state index in [-0.39, 0.29) is 10.3 Å². The Morgan fingerprint density at radius 3 is 2.82 bits per heavy atom. The highest BCUT2D eigenvalue weighted by Gasteiger charge is 2.03. The van der Waals surface area contributed by atoms with Crippen LogP contribution in [-0.2, 0) is 0 Å². The summed E-state index contributed by atoms with van der Waals surface area (Å²) in [7, 11) is 0. The normalized spacial score (nSPS) is 9.18. The Balaban J connectivity index is 3.05. The fourth-order valence-corrected chi connectivity index (χ4v) is 1.27. The van der Waals surface area contributed by atoms with E-state index >= 15 is 0 Å². The number of thioether (sulfide) groups is 1. The molecule has 56 valence electrons. The maximum Gasteiger partial charge on any atom is 0.166 e. The van der Waals surface area contributed by atoms with Gasteiger partial charge in [-0.15, -0.1) is 10.2 Å². The lowest BCUT2D eigenvalue weighted by Crippen LogP contribution is -1.84. The van der Waals surface area contributed by atoms with E-state index in [1.807, 2.05) is 5.40 Å². The topological polar surface area (TPSA) is 49.6 Å². The predicted molar refractivity (Wildman–Crippen MR) is 43.5 cm³/mol. The summed E-state index contributed by atoms with van der Waals surface area (Å²) in [6.07, 6.45) is 0. The summed E-state index contributed by atoms with van der Waals surface area (Å²) in [6, 6.07) is 1.49. The van der Waals surface area contributed by atoms with E-state index in [1.165, 1.54) is 6.07 Å². The van der Waals surface area contributed by atoms with Crippen molar-refractivity contribution in [3.8, 4) is 5.40 Å². The van der Waals surface area contributed by atoms with Crippen LogP contribution in [0.2, 0.25) is 10.3 Å². The highest BCUT2D eigenvalue weighted by molar-refractivity contribution is 8.03. The molecular weight excluding hydrogens is 205 g/mol. The van der Waals surface area contributed by atoms with Crippen LogP contribution in [0, 0.1) is 10.7 Å². The zero-order chi connectivity index (χ0) is 8.27. The Morgan fingerprint density at radius 2 is 2.18 bits per heavy atom. The van der Waals surface area contributed by atoms with Crippen molar-refractivity contribution in [1.29, 1.82) is 5.26 Å². The summed E-state index contributed by atoms with van der Waals surface area (Å²) in [5.41, 5.74) is 0. The molecule has 0 aliphatic heterocycles. The maximum atomic E-state index is 8.30. The van der Waals surface area contributed by atoms with Crippen molar-refractivity contribution >= 4 is 35.0 Å². The van der Waals surface area contributed by atoms with Crippen LogP contribution in [0.25, 0.3) is 0 Å². The van der Waals surface area contributed by atoms with Crippen molar-refractivity contribution in [1.82, 2.24) is 10.2 Å². The minimum absolute atomic E-state index is 0.195. The van der Waals surface area contributed by atoms with Gasteiger partial charge in [0.1, 0.15) is 5.40 Å². The third-order valence-corrected chi connectivity index (χ3v) is 2.04. The molecule has 0 radical (unpaired) electrons. The van der Waals surface area contributed by atoms with Gasteiger partial charge >= 0.3 is 0 Å². The smallest absolute Gasteiger partial charge is 0.166 e. The van der Waals surface area contributed by atoms with E-state index < -0.39 is 0 Å². The second kappa shape index (κ2) is 3.77. The predicted octanol–water partition coefficient (Wildman–Crippen LogP) is 2.36. The number of thiocyanates is 1. The van der Waals surface area contributed by atoms with E-state index in [0.717, 1.165) is 11.8 Å². The van der Waals surface area contributed by atoms with Gasteiger partial charge in [0.25, 0.3) is 0 Å². The molecule has 0 N–H and O–H groups in total. The van der Waals surface area contributed by atoms with Crippen LogP contribution in [0.4, 0.5) is 0 Å². The van der Waals surface area contributed by atoms with Crippen molar-refractivity contribution in [2.45, 2.75) is 4.90 Å². The molecule has 0 aliphatic carbocycles. The average molecular weight is 206 g/mol. The van der Waals surface area contributed by atoms with Gasteiger partial charge in [-0.2, -0.15) is 5.26 Å². The zero-order valence-corrected chi connectivity index (χ0v) is 7.41. The van der Waals surface area contributed by atoms with E-state index in [2.05, 4.69) is 10.2 Å². The van der Waals surface area contributed by atoms with E-state index in [0.29, 0.717) is 4.90 Å². The Hall–Kier alpha value is -0.500. The van der Waals surface area contributed by atoms with Gasteiger partial charge in [0, 0.05) is 0 Å². The molecule has 1 rings (SSSR count). The number of hydrogen-bond acceptors (Lipinski definition) is 4. The lowest BCUT2D eigenvalue weighted by atomic mass is 10.6. The van der Waals surface area contributed by atoms with Crippen molar-refractivity contribution in [3.05, 3.63) is 16.4 Å². The molecule has 0 aromatic carbocycles. The van der Waals surface area contributed by atoms with Gasteiger partial charge in [-0.05, 0) is 17.8 Å². The van der Waals surface area contributed by atoms with Gasteiger partial charge in [0.2, 0.25) is 0 Å². The largest absolute Gasteiger partial charge is 0.185 e. The van der Waals surface area contributed by atoms with Gasteiger partial charge in [-0.1, -0.05) is 23.2 Å². The van der Waals surface area contributed by atoms with Crippen LogP contribution in [0.5, 0.6) is 0 Å². The molecule has 1 heterocycles. The van der Waals surface area contributed by atoms with E-state index in [1.54, 1.807) is 0 Å². The number of halogens is 2. The van der Waals surface area contributed by atoms with Crippen LogP contribution >= 0.6 is 35.0 Å². The molecule has 1 aromatic rings. The number of nitrogens with zero attached hydrogens (tertiary/aromatic N) is 3. The zero-order valence-electron chi connectivity index (χ0n) is 5.08. The molecule has 6 heteroatoms. The first-order chi connectivity index (χ1) is 5.24. The van der Waals surface area contributed by atoms with Crippen molar-refractivity contribution in [3.63, 3.8) is 0 Å². The van der Waals surface area contributed by atoms with Crippen LogP contribution in [0.15, 0.2) is 11.0 Å². The minimum atomic E-state index is 0.195. The molecule has 0 spiro atoms. The lowest BCUT2D eigenvalue weighted by molar-refractivity contribution is 0.999. The van der Waals surface area contributed by atoms with Crippen LogP contribution in [-0.4, -0.2) is 10.2 Å². The Bertz CT molecular complexity index is 309. The summed E-state index contributed by atoms with van der Waals surface area (Å²) in [5.74, 6) is 0. The van der Waals surface area contributed by atoms with Gasteiger partial charge < -0.3 is 0 Å². The van der Waals surface area contributed by atoms with E-state index in [4.69, 9.17) is 28.5 Å². The van der Waals surface area contributed by atoms with Crippen molar-refractivity contribution < 1.29 is 0 Å². The van der Waals surface area contributed by atoms with Crippen LogP contribution in [0.3, 0.4) is 0 Å². The maximum absolute atomic E-state index is 8.30. The van der Waals surface area contributed by atoms with Gasteiger partial charge in [0.05, 0.1) is 4.90 Å². The van der Waals surface area contributed by atoms with Gasteiger partial charge in [-0.3, -0.25) is 0 Å². The first-order valence-corrected chi connectivity index (χ1v) is 4.06.